The van der Waals surface area contributed by atoms with Crippen LogP contribution in [0.5, 0.6) is 0 Å². The van der Waals surface area contributed by atoms with Gasteiger partial charge in [0, 0.05) is 13.0 Å². The molecule has 1 heterocycles. The van der Waals surface area contributed by atoms with E-state index in [1.807, 2.05) is 18.2 Å². The van der Waals surface area contributed by atoms with Crippen molar-refractivity contribution in [3.8, 4) is 0 Å². The SMILES string of the molecule is O[C@@]1(Cc2ccccc2)CCNC1. The lowest BCUT2D eigenvalue weighted by Gasteiger charge is -2.20. The van der Waals surface area contributed by atoms with Crippen molar-refractivity contribution < 1.29 is 5.11 Å². The molecule has 0 amide bonds. The van der Waals surface area contributed by atoms with E-state index in [0.29, 0.717) is 0 Å². The van der Waals surface area contributed by atoms with Crippen LogP contribution in [0.15, 0.2) is 30.3 Å². The van der Waals surface area contributed by atoms with E-state index in [9.17, 15) is 5.11 Å². The van der Waals surface area contributed by atoms with Crippen molar-refractivity contribution in [2.24, 2.45) is 0 Å². The van der Waals surface area contributed by atoms with Crippen LogP contribution in [0.4, 0.5) is 0 Å². The van der Waals surface area contributed by atoms with Gasteiger partial charge >= 0.3 is 0 Å². The number of nitrogens with one attached hydrogen (secondary N) is 1. The Morgan fingerprint density at radius 2 is 2.08 bits per heavy atom. The highest BCUT2D eigenvalue weighted by Gasteiger charge is 2.30. The molecule has 0 aromatic heterocycles. The second-order valence-corrected chi connectivity index (χ2v) is 3.81. The second kappa shape index (κ2) is 3.48. The third kappa shape index (κ3) is 2.08. The standard InChI is InChI=1S/C11H15NO/c13-11(6-7-12-9-11)8-10-4-2-1-3-5-10/h1-5,12-13H,6-9H2/t11-/m1/s1. The molecule has 0 aliphatic carbocycles. The Morgan fingerprint density at radius 3 is 2.69 bits per heavy atom. The molecule has 70 valence electrons. The van der Waals surface area contributed by atoms with Crippen molar-refractivity contribution in [2.75, 3.05) is 13.1 Å². The van der Waals surface area contributed by atoms with Gasteiger partial charge in [0.25, 0.3) is 0 Å². The van der Waals surface area contributed by atoms with E-state index in [-0.39, 0.29) is 0 Å². The summed E-state index contributed by atoms with van der Waals surface area (Å²) in [5.74, 6) is 0. The number of benzene rings is 1. The maximum atomic E-state index is 10.1. The highest BCUT2D eigenvalue weighted by molar-refractivity contribution is 5.17. The molecule has 0 spiro atoms. The van der Waals surface area contributed by atoms with Crippen molar-refractivity contribution in [1.82, 2.24) is 5.32 Å². The molecule has 0 unspecified atom stereocenters. The molecule has 2 nitrogen and oxygen atoms in total. The van der Waals surface area contributed by atoms with Crippen LogP contribution < -0.4 is 5.32 Å². The van der Waals surface area contributed by atoms with Gasteiger partial charge in [-0.25, -0.2) is 0 Å². The third-order valence-electron chi connectivity index (χ3n) is 2.60. The summed E-state index contributed by atoms with van der Waals surface area (Å²) < 4.78 is 0. The normalized spacial score (nSPS) is 27.8. The van der Waals surface area contributed by atoms with Gasteiger partial charge < -0.3 is 10.4 Å². The van der Waals surface area contributed by atoms with Crippen molar-refractivity contribution >= 4 is 0 Å². The lowest BCUT2D eigenvalue weighted by molar-refractivity contribution is 0.0619. The molecule has 2 heteroatoms. The Bertz CT molecular complexity index is 265. The molecule has 1 saturated heterocycles. The zero-order valence-electron chi connectivity index (χ0n) is 7.66. The first-order valence-electron chi connectivity index (χ1n) is 4.76. The van der Waals surface area contributed by atoms with Crippen LogP contribution in [0, 0.1) is 0 Å². The molecule has 1 atom stereocenters. The molecular formula is C11H15NO. The monoisotopic (exact) mass is 177 g/mol. The van der Waals surface area contributed by atoms with Gasteiger partial charge in [-0.2, -0.15) is 0 Å². The highest BCUT2D eigenvalue weighted by Crippen LogP contribution is 2.19. The molecule has 0 saturated carbocycles. The first-order valence-corrected chi connectivity index (χ1v) is 4.76. The molecule has 0 radical (unpaired) electrons. The van der Waals surface area contributed by atoms with Gasteiger partial charge in [0.15, 0.2) is 0 Å². The Labute approximate surface area is 78.6 Å². The minimum atomic E-state index is -0.513. The quantitative estimate of drug-likeness (QED) is 0.705. The highest BCUT2D eigenvalue weighted by atomic mass is 16.3. The molecule has 13 heavy (non-hydrogen) atoms. The van der Waals surface area contributed by atoms with E-state index in [1.165, 1.54) is 5.56 Å². The fourth-order valence-electron chi connectivity index (χ4n) is 1.86. The van der Waals surface area contributed by atoms with Crippen LogP contribution in [-0.2, 0) is 6.42 Å². The van der Waals surface area contributed by atoms with E-state index in [0.717, 1.165) is 25.9 Å². The van der Waals surface area contributed by atoms with Gasteiger partial charge in [0.05, 0.1) is 5.60 Å². The zero-order chi connectivity index (χ0) is 9.15. The largest absolute Gasteiger partial charge is 0.388 e. The van der Waals surface area contributed by atoms with E-state index >= 15 is 0 Å². The summed E-state index contributed by atoms with van der Waals surface area (Å²) in [4.78, 5) is 0. The average Bonchev–Trinajstić information content (AvgIpc) is 2.54. The van der Waals surface area contributed by atoms with Crippen molar-refractivity contribution in [1.29, 1.82) is 0 Å². The Hall–Kier alpha value is -0.860. The van der Waals surface area contributed by atoms with Crippen molar-refractivity contribution in [2.45, 2.75) is 18.4 Å². The van der Waals surface area contributed by atoms with Crippen molar-refractivity contribution in [3.63, 3.8) is 0 Å². The van der Waals surface area contributed by atoms with E-state index in [4.69, 9.17) is 0 Å². The van der Waals surface area contributed by atoms with E-state index < -0.39 is 5.60 Å². The number of β-amino-alcohol motifs (C(OH)–C–C–N with tert-alkyl or cyclic N) is 1. The maximum Gasteiger partial charge on any atom is 0.0823 e. The summed E-state index contributed by atoms with van der Waals surface area (Å²) in [5.41, 5.74) is 0.704. The predicted molar refractivity (Wildman–Crippen MR) is 52.6 cm³/mol. The van der Waals surface area contributed by atoms with Crippen LogP contribution in [0.2, 0.25) is 0 Å². The molecule has 0 bridgehead atoms. The van der Waals surface area contributed by atoms with Gasteiger partial charge in [-0.05, 0) is 18.5 Å². The summed E-state index contributed by atoms with van der Waals surface area (Å²) in [5, 5.41) is 13.3. The molecule has 1 aliphatic rings. The first kappa shape index (κ1) is 8.73. The summed E-state index contributed by atoms with van der Waals surface area (Å²) in [7, 11) is 0. The Kier molecular flexibility index (Phi) is 2.34. The minimum absolute atomic E-state index is 0.513. The topological polar surface area (TPSA) is 32.3 Å². The van der Waals surface area contributed by atoms with Crippen LogP contribution in [0.3, 0.4) is 0 Å². The number of aliphatic hydroxyl groups is 1. The van der Waals surface area contributed by atoms with Crippen LogP contribution in [0.25, 0.3) is 0 Å². The van der Waals surface area contributed by atoms with E-state index in [1.54, 1.807) is 0 Å². The summed E-state index contributed by atoms with van der Waals surface area (Å²) >= 11 is 0. The molecule has 1 aliphatic heterocycles. The van der Waals surface area contributed by atoms with Crippen molar-refractivity contribution in [3.05, 3.63) is 35.9 Å². The van der Waals surface area contributed by atoms with E-state index in [2.05, 4.69) is 17.4 Å². The lowest BCUT2D eigenvalue weighted by Crippen LogP contribution is -2.33. The van der Waals surface area contributed by atoms with Crippen LogP contribution in [-0.4, -0.2) is 23.8 Å². The summed E-state index contributed by atoms with van der Waals surface area (Å²) in [6.45, 7) is 1.66. The molecule has 1 aromatic carbocycles. The zero-order valence-corrected chi connectivity index (χ0v) is 7.66. The molecule has 2 N–H and O–H groups in total. The fraction of sp³-hybridized carbons (Fsp3) is 0.455. The van der Waals surface area contributed by atoms with Gasteiger partial charge in [0.1, 0.15) is 0 Å². The van der Waals surface area contributed by atoms with Gasteiger partial charge in [0.2, 0.25) is 0 Å². The number of hydrogen-bond acceptors (Lipinski definition) is 2. The van der Waals surface area contributed by atoms with Crippen LogP contribution >= 0.6 is 0 Å². The minimum Gasteiger partial charge on any atom is -0.388 e. The van der Waals surface area contributed by atoms with Gasteiger partial charge in [-0.15, -0.1) is 0 Å². The maximum absolute atomic E-state index is 10.1. The smallest absolute Gasteiger partial charge is 0.0823 e. The van der Waals surface area contributed by atoms with Crippen LogP contribution in [0.1, 0.15) is 12.0 Å². The third-order valence-corrected chi connectivity index (χ3v) is 2.60. The Morgan fingerprint density at radius 1 is 1.31 bits per heavy atom. The first-order chi connectivity index (χ1) is 6.29. The Balaban J connectivity index is 2.05. The molecular weight excluding hydrogens is 162 g/mol. The average molecular weight is 177 g/mol. The molecule has 1 fully saturated rings. The lowest BCUT2D eigenvalue weighted by atomic mass is 9.94. The fourth-order valence-corrected chi connectivity index (χ4v) is 1.86. The second-order valence-electron chi connectivity index (χ2n) is 3.81. The molecule has 1 aromatic rings. The number of rotatable bonds is 2. The summed E-state index contributed by atoms with van der Waals surface area (Å²) in [6, 6.07) is 10.2. The summed E-state index contributed by atoms with van der Waals surface area (Å²) in [6.07, 6.45) is 1.63. The molecule has 2 rings (SSSR count). The van der Waals surface area contributed by atoms with Gasteiger partial charge in [-0.1, -0.05) is 30.3 Å². The predicted octanol–water partition coefficient (Wildman–Crippen LogP) is 0.953. The van der Waals surface area contributed by atoms with Gasteiger partial charge in [-0.3, -0.25) is 0 Å². The number of hydrogen-bond donors (Lipinski definition) is 2.